The summed E-state index contributed by atoms with van der Waals surface area (Å²) >= 11 is 1.79. The molecule has 1 aromatic heterocycles. The van der Waals surface area contributed by atoms with E-state index in [1.165, 1.54) is 21.7 Å². The van der Waals surface area contributed by atoms with Gasteiger partial charge in [0, 0.05) is 9.75 Å². The van der Waals surface area contributed by atoms with Crippen LogP contribution in [0.4, 0.5) is 0 Å². The molecule has 1 amide bonds. The van der Waals surface area contributed by atoms with Gasteiger partial charge in [-0.2, -0.15) is 0 Å². The molecule has 0 spiro atoms. The smallest absolute Gasteiger partial charge is 0.237 e. The van der Waals surface area contributed by atoms with Crippen molar-refractivity contribution in [3.05, 3.63) is 21.4 Å². The average Bonchev–Trinajstić information content (AvgIpc) is 2.69. The van der Waals surface area contributed by atoms with Crippen LogP contribution >= 0.6 is 23.7 Å². The van der Waals surface area contributed by atoms with Crippen LogP contribution in [0.25, 0.3) is 0 Å². The van der Waals surface area contributed by atoms with E-state index >= 15 is 0 Å². The monoisotopic (exact) mass is 302 g/mol. The highest BCUT2D eigenvalue weighted by atomic mass is 35.5. The molecule has 1 saturated heterocycles. The molecule has 108 valence electrons. The number of piperidine rings is 1. The van der Waals surface area contributed by atoms with Gasteiger partial charge in [0.25, 0.3) is 0 Å². The predicted molar refractivity (Wildman–Crippen MR) is 83.2 cm³/mol. The van der Waals surface area contributed by atoms with E-state index in [9.17, 15) is 4.79 Å². The minimum Gasteiger partial charge on any atom is -0.348 e. The molecule has 19 heavy (non-hydrogen) atoms. The van der Waals surface area contributed by atoms with E-state index in [2.05, 4.69) is 37.5 Å². The first-order chi connectivity index (χ1) is 8.58. The zero-order valence-electron chi connectivity index (χ0n) is 11.8. The molecule has 2 heterocycles. The van der Waals surface area contributed by atoms with Crippen LogP contribution in [0.5, 0.6) is 0 Å². The molecule has 0 aliphatic carbocycles. The van der Waals surface area contributed by atoms with Gasteiger partial charge in [-0.3, -0.25) is 4.79 Å². The number of hydrogen-bond acceptors (Lipinski definition) is 3. The standard InChI is InChI=1S/C14H22N2OS.ClH/c1-9-8-12(11(3)18-9)10(2)16-14(17)13-6-4-5-7-15-13;/h8,10,13,15H,4-7H2,1-3H3,(H,16,17);1H. The van der Waals surface area contributed by atoms with Gasteiger partial charge in [-0.15, -0.1) is 23.7 Å². The third kappa shape index (κ3) is 4.20. The second kappa shape index (κ2) is 7.27. The van der Waals surface area contributed by atoms with Gasteiger partial charge in [-0.25, -0.2) is 0 Å². The first kappa shape index (κ1) is 16.5. The molecule has 1 fully saturated rings. The molecule has 0 radical (unpaired) electrons. The van der Waals surface area contributed by atoms with Crippen molar-refractivity contribution in [2.45, 2.75) is 52.1 Å². The molecule has 0 bridgehead atoms. The number of thiophene rings is 1. The number of nitrogens with one attached hydrogen (secondary N) is 2. The second-order valence-corrected chi connectivity index (χ2v) is 6.56. The van der Waals surface area contributed by atoms with Crippen molar-refractivity contribution in [1.82, 2.24) is 10.6 Å². The van der Waals surface area contributed by atoms with E-state index in [4.69, 9.17) is 0 Å². The average molecular weight is 303 g/mol. The van der Waals surface area contributed by atoms with Gasteiger partial charge < -0.3 is 10.6 Å². The number of hydrogen-bond donors (Lipinski definition) is 2. The summed E-state index contributed by atoms with van der Waals surface area (Å²) in [7, 11) is 0. The summed E-state index contributed by atoms with van der Waals surface area (Å²) in [6.07, 6.45) is 3.29. The molecule has 1 aliphatic heterocycles. The third-order valence-corrected chi connectivity index (χ3v) is 4.51. The van der Waals surface area contributed by atoms with E-state index in [1.54, 1.807) is 11.3 Å². The summed E-state index contributed by atoms with van der Waals surface area (Å²) in [5.74, 6) is 0.144. The quantitative estimate of drug-likeness (QED) is 0.901. The molecule has 0 aromatic carbocycles. The first-order valence-corrected chi connectivity index (χ1v) is 7.50. The van der Waals surface area contributed by atoms with Gasteiger partial charge >= 0.3 is 0 Å². The normalized spacial score (nSPS) is 20.5. The molecular weight excluding hydrogens is 280 g/mol. The highest BCUT2D eigenvalue weighted by Gasteiger charge is 2.22. The van der Waals surface area contributed by atoms with Crippen LogP contribution in [0.2, 0.25) is 0 Å². The summed E-state index contributed by atoms with van der Waals surface area (Å²) in [6.45, 7) is 7.26. The van der Waals surface area contributed by atoms with Gasteiger partial charge in [0.05, 0.1) is 12.1 Å². The van der Waals surface area contributed by atoms with Crippen molar-refractivity contribution < 1.29 is 4.79 Å². The van der Waals surface area contributed by atoms with Crippen LogP contribution in [-0.2, 0) is 4.79 Å². The second-order valence-electron chi connectivity index (χ2n) is 5.10. The van der Waals surface area contributed by atoms with Crippen LogP contribution in [0.15, 0.2) is 6.07 Å². The van der Waals surface area contributed by atoms with Crippen LogP contribution in [0.1, 0.15) is 47.5 Å². The van der Waals surface area contributed by atoms with Crippen LogP contribution < -0.4 is 10.6 Å². The molecule has 2 rings (SSSR count). The topological polar surface area (TPSA) is 41.1 Å². The highest BCUT2D eigenvalue weighted by Crippen LogP contribution is 2.26. The molecule has 2 N–H and O–H groups in total. The van der Waals surface area contributed by atoms with Gasteiger partial charge in [0.2, 0.25) is 5.91 Å². The molecule has 5 heteroatoms. The van der Waals surface area contributed by atoms with Crippen LogP contribution in [0, 0.1) is 13.8 Å². The number of rotatable bonds is 3. The number of aryl methyl sites for hydroxylation is 2. The summed E-state index contributed by atoms with van der Waals surface area (Å²) in [5.41, 5.74) is 1.25. The van der Waals surface area contributed by atoms with Crippen molar-refractivity contribution in [2.75, 3.05) is 6.54 Å². The van der Waals surface area contributed by atoms with Crippen molar-refractivity contribution in [1.29, 1.82) is 0 Å². The van der Waals surface area contributed by atoms with E-state index in [1.807, 2.05) is 0 Å². The Hall–Kier alpha value is -0.580. The van der Waals surface area contributed by atoms with E-state index in [0.717, 1.165) is 19.4 Å². The summed E-state index contributed by atoms with van der Waals surface area (Å²) < 4.78 is 0. The molecule has 1 aromatic rings. The SMILES string of the molecule is Cc1cc(C(C)NC(=O)C2CCCCN2)c(C)s1.Cl. The fourth-order valence-electron chi connectivity index (χ4n) is 2.55. The largest absolute Gasteiger partial charge is 0.348 e. The fraction of sp³-hybridized carbons (Fsp3) is 0.643. The van der Waals surface area contributed by atoms with Gasteiger partial charge in [0.1, 0.15) is 0 Å². The van der Waals surface area contributed by atoms with Crippen molar-refractivity contribution in [3.63, 3.8) is 0 Å². The Balaban J connectivity index is 0.00000180. The molecule has 1 aliphatic rings. The number of carbonyl (C=O) groups excluding carboxylic acids is 1. The van der Waals surface area contributed by atoms with E-state index < -0.39 is 0 Å². The Morgan fingerprint density at radius 2 is 2.21 bits per heavy atom. The van der Waals surface area contributed by atoms with E-state index in [0.29, 0.717) is 0 Å². The van der Waals surface area contributed by atoms with Gasteiger partial charge in [0.15, 0.2) is 0 Å². The molecular formula is C14H23ClN2OS. The van der Waals surface area contributed by atoms with Crippen molar-refractivity contribution in [3.8, 4) is 0 Å². The van der Waals surface area contributed by atoms with Gasteiger partial charge in [-0.1, -0.05) is 6.42 Å². The predicted octanol–water partition coefficient (Wildman–Crippen LogP) is 3.11. The van der Waals surface area contributed by atoms with Crippen molar-refractivity contribution >= 4 is 29.7 Å². The summed E-state index contributed by atoms with van der Waals surface area (Å²) in [6, 6.07) is 2.28. The number of amides is 1. The lowest BCUT2D eigenvalue weighted by molar-refractivity contribution is -0.124. The molecule has 3 nitrogen and oxygen atoms in total. The highest BCUT2D eigenvalue weighted by molar-refractivity contribution is 7.12. The maximum absolute atomic E-state index is 12.1. The molecule has 2 atom stereocenters. The Kier molecular flexibility index (Phi) is 6.30. The van der Waals surface area contributed by atoms with E-state index in [-0.39, 0.29) is 30.4 Å². The Morgan fingerprint density at radius 1 is 1.47 bits per heavy atom. The molecule has 2 unspecified atom stereocenters. The van der Waals surface area contributed by atoms with Crippen LogP contribution in [-0.4, -0.2) is 18.5 Å². The number of halogens is 1. The van der Waals surface area contributed by atoms with Gasteiger partial charge in [-0.05, 0) is 51.8 Å². The third-order valence-electron chi connectivity index (χ3n) is 3.53. The molecule has 0 saturated carbocycles. The maximum Gasteiger partial charge on any atom is 0.237 e. The lowest BCUT2D eigenvalue weighted by Gasteiger charge is -2.24. The Labute approximate surface area is 125 Å². The minimum absolute atomic E-state index is 0. The fourth-order valence-corrected chi connectivity index (χ4v) is 3.57. The first-order valence-electron chi connectivity index (χ1n) is 6.68. The maximum atomic E-state index is 12.1. The zero-order chi connectivity index (χ0) is 13.1. The minimum atomic E-state index is 0. The summed E-state index contributed by atoms with van der Waals surface area (Å²) in [4.78, 5) is 14.7. The van der Waals surface area contributed by atoms with Crippen molar-refractivity contribution in [2.24, 2.45) is 0 Å². The Morgan fingerprint density at radius 3 is 2.74 bits per heavy atom. The lowest BCUT2D eigenvalue weighted by atomic mass is 10.0. The summed E-state index contributed by atoms with van der Waals surface area (Å²) in [5, 5.41) is 6.41. The van der Waals surface area contributed by atoms with Crippen LogP contribution in [0.3, 0.4) is 0 Å². The zero-order valence-corrected chi connectivity index (χ0v) is 13.4. The Bertz CT molecular complexity index is 427. The number of carbonyl (C=O) groups is 1. The lowest BCUT2D eigenvalue weighted by Crippen LogP contribution is -2.47.